The normalized spacial score (nSPS) is 16.8. The van der Waals surface area contributed by atoms with E-state index in [1.54, 1.807) is 6.26 Å². The number of amides is 1. The molecule has 0 bridgehead atoms. The minimum absolute atomic E-state index is 0.0337. The van der Waals surface area contributed by atoms with Crippen LogP contribution < -0.4 is 10.2 Å². The molecule has 1 aliphatic heterocycles. The number of piperazine rings is 1. The Morgan fingerprint density at radius 3 is 2.54 bits per heavy atom. The molecule has 128 valence electrons. The van der Waals surface area contributed by atoms with Gasteiger partial charge in [-0.25, -0.2) is 0 Å². The molecule has 6 heteroatoms. The van der Waals surface area contributed by atoms with E-state index in [1.807, 2.05) is 43.3 Å². The predicted molar refractivity (Wildman–Crippen MR) is 95.3 cm³/mol. The number of nitrogens with one attached hydrogen (secondary N) is 1. The van der Waals surface area contributed by atoms with Crippen LogP contribution in [-0.2, 0) is 11.3 Å². The first-order valence-electron chi connectivity index (χ1n) is 8.18. The van der Waals surface area contributed by atoms with E-state index in [-0.39, 0.29) is 11.9 Å². The molecule has 24 heavy (non-hydrogen) atoms. The van der Waals surface area contributed by atoms with Crippen molar-refractivity contribution in [2.45, 2.75) is 19.5 Å². The van der Waals surface area contributed by atoms with Crippen molar-refractivity contribution >= 4 is 23.2 Å². The standard InChI is InChI=1S/C18H22ClN3O2/c1-14(18(23)20-13-17-3-2-12-24-17)21-8-10-22(11-9-21)16-6-4-15(19)5-7-16/h2-7,12,14H,8-11,13H2,1H3,(H,20,23)/t14-/m0/s1. The molecule has 0 unspecified atom stereocenters. The quantitative estimate of drug-likeness (QED) is 0.903. The van der Waals surface area contributed by atoms with Crippen LogP contribution in [0.15, 0.2) is 47.1 Å². The first-order valence-corrected chi connectivity index (χ1v) is 8.56. The molecular formula is C18H22ClN3O2. The number of benzene rings is 1. The lowest BCUT2D eigenvalue weighted by Crippen LogP contribution is -2.53. The van der Waals surface area contributed by atoms with Crippen LogP contribution in [0.2, 0.25) is 5.02 Å². The third-order valence-corrected chi connectivity index (χ3v) is 4.70. The predicted octanol–water partition coefficient (Wildman–Crippen LogP) is 2.76. The number of furan rings is 1. The summed E-state index contributed by atoms with van der Waals surface area (Å²) in [7, 11) is 0. The van der Waals surface area contributed by atoms with Gasteiger partial charge >= 0.3 is 0 Å². The first kappa shape index (κ1) is 16.9. The first-order chi connectivity index (χ1) is 11.6. The highest BCUT2D eigenvalue weighted by molar-refractivity contribution is 6.30. The molecule has 0 radical (unpaired) electrons. The van der Waals surface area contributed by atoms with Crippen molar-refractivity contribution in [1.82, 2.24) is 10.2 Å². The fraction of sp³-hybridized carbons (Fsp3) is 0.389. The van der Waals surface area contributed by atoms with Crippen LogP contribution in [0.4, 0.5) is 5.69 Å². The van der Waals surface area contributed by atoms with Gasteiger partial charge in [-0.05, 0) is 43.3 Å². The van der Waals surface area contributed by atoms with Crippen molar-refractivity contribution in [2.24, 2.45) is 0 Å². The summed E-state index contributed by atoms with van der Waals surface area (Å²) < 4.78 is 5.24. The molecule has 2 aromatic rings. The minimum atomic E-state index is -0.146. The van der Waals surface area contributed by atoms with Crippen LogP contribution in [0, 0.1) is 0 Å². The number of halogens is 1. The second kappa shape index (κ2) is 7.73. The van der Waals surface area contributed by atoms with E-state index in [4.69, 9.17) is 16.0 Å². The lowest BCUT2D eigenvalue weighted by Gasteiger charge is -2.38. The van der Waals surface area contributed by atoms with Crippen molar-refractivity contribution in [3.05, 3.63) is 53.4 Å². The molecule has 1 fully saturated rings. The van der Waals surface area contributed by atoms with E-state index in [0.717, 1.165) is 37.0 Å². The van der Waals surface area contributed by atoms with Crippen LogP contribution in [-0.4, -0.2) is 43.0 Å². The second-order valence-corrected chi connectivity index (χ2v) is 6.41. The molecule has 0 saturated carbocycles. The summed E-state index contributed by atoms with van der Waals surface area (Å²) in [5.74, 6) is 0.800. The molecule has 1 saturated heterocycles. The summed E-state index contributed by atoms with van der Waals surface area (Å²) in [5, 5.41) is 3.68. The number of hydrogen-bond acceptors (Lipinski definition) is 4. The van der Waals surface area contributed by atoms with Gasteiger partial charge in [-0.3, -0.25) is 9.69 Å². The molecule has 3 rings (SSSR count). The number of carbonyl (C=O) groups is 1. The fourth-order valence-corrected chi connectivity index (χ4v) is 3.05. The number of hydrogen-bond donors (Lipinski definition) is 1. The van der Waals surface area contributed by atoms with Gasteiger partial charge < -0.3 is 14.6 Å². The van der Waals surface area contributed by atoms with E-state index >= 15 is 0 Å². The smallest absolute Gasteiger partial charge is 0.237 e. The highest BCUT2D eigenvalue weighted by Gasteiger charge is 2.25. The van der Waals surface area contributed by atoms with Gasteiger partial charge in [0.15, 0.2) is 0 Å². The third-order valence-electron chi connectivity index (χ3n) is 4.45. The van der Waals surface area contributed by atoms with Crippen molar-refractivity contribution in [3.63, 3.8) is 0 Å². The molecule has 0 spiro atoms. The molecule has 2 heterocycles. The Balaban J connectivity index is 1.48. The Kier molecular flexibility index (Phi) is 5.43. The minimum Gasteiger partial charge on any atom is -0.467 e. The summed E-state index contributed by atoms with van der Waals surface area (Å²) in [6.07, 6.45) is 1.61. The molecular weight excluding hydrogens is 326 g/mol. The van der Waals surface area contributed by atoms with Gasteiger partial charge in [0.25, 0.3) is 0 Å². The van der Waals surface area contributed by atoms with Crippen LogP contribution in [0.3, 0.4) is 0 Å². The Morgan fingerprint density at radius 2 is 1.92 bits per heavy atom. The Bertz CT molecular complexity index is 649. The van der Waals surface area contributed by atoms with Gasteiger partial charge in [0.2, 0.25) is 5.91 Å². The van der Waals surface area contributed by atoms with E-state index in [2.05, 4.69) is 15.1 Å². The van der Waals surface area contributed by atoms with E-state index in [1.165, 1.54) is 5.69 Å². The molecule has 1 aromatic carbocycles. The van der Waals surface area contributed by atoms with Gasteiger partial charge in [-0.1, -0.05) is 11.6 Å². The Morgan fingerprint density at radius 1 is 1.21 bits per heavy atom. The van der Waals surface area contributed by atoms with Crippen molar-refractivity contribution in [3.8, 4) is 0 Å². The topological polar surface area (TPSA) is 48.7 Å². The summed E-state index contributed by atoms with van der Waals surface area (Å²) in [6, 6.07) is 11.4. The maximum atomic E-state index is 12.3. The third kappa shape index (κ3) is 4.10. The zero-order valence-corrected chi connectivity index (χ0v) is 14.5. The molecule has 5 nitrogen and oxygen atoms in total. The largest absolute Gasteiger partial charge is 0.467 e. The van der Waals surface area contributed by atoms with E-state index in [9.17, 15) is 4.79 Å². The van der Waals surface area contributed by atoms with Crippen molar-refractivity contribution in [1.29, 1.82) is 0 Å². The summed E-state index contributed by atoms with van der Waals surface area (Å²) >= 11 is 5.94. The average Bonchev–Trinajstić information content (AvgIpc) is 3.13. The molecule has 1 N–H and O–H groups in total. The van der Waals surface area contributed by atoms with Crippen LogP contribution in [0.25, 0.3) is 0 Å². The van der Waals surface area contributed by atoms with Gasteiger partial charge in [-0.15, -0.1) is 0 Å². The second-order valence-electron chi connectivity index (χ2n) is 5.97. The van der Waals surface area contributed by atoms with Gasteiger partial charge in [-0.2, -0.15) is 0 Å². The summed E-state index contributed by atoms with van der Waals surface area (Å²) in [5.41, 5.74) is 1.17. The number of rotatable bonds is 5. The molecule has 1 atom stereocenters. The lowest BCUT2D eigenvalue weighted by atomic mass is 10.2. The summed E-state index contributed by atoms with van der Waals surface area (Å²) in [6.45, 7) is 5.90. The monoisotopic (exact) mass is 347 g/mol. The van der Waals surface area contributed by atoms with Gasteiger partial charge in [0.05, 0.1) is 18.8 Å². The molecule has 1 aliphatic rings. The number of anilines is 1. The zero-order valence-electron chi connectivity index (χ0n) is 13.7. The zero-order chi connectivity index (χ0) is 16.9. The van der Waals surface area contributed by atoms with Crippen LogP contribution in [0.1, 0.15) is 12.7 Å². The molecule has 1 amide bonds. The highest BCUT2D eigenvalue weighted by atomic mass is 35.5. The number of carbonyl (C=O) groups excluding carboxylic acids is 1. The Hall–Kier alpha value is -1.98. The SMILES string of the molecule is C[C@@H](C(=O)NCc1ccco1)N1CCN(c2ccc(Cl)cc2)CC1. The maximum Gasteiger partial charge on any atom is 0.237 e. The van der Waals surface area contributed by atoms with Crippen molar-refractivity contribution < 1.29 is 9.21 Å². The summed E-state index contributed by atoms with van der Waals surface area (Å²) in [4.78, 5) is 16.8. The molecule has 0 aliphatic carbocycles. The van der Waals surface area contributed by atoms with Crippen LogP contribution >= 0.6 is 11.6 Å². The average molecular weight is 348 g/mol. The fourth-order valence-electron chi connectivity index (χ4n) is 2.92. The molecule has 1 aromatic heterocycles. The van der Waals surface area contributed by atoms with Gasteiger partial charge in [0, 0.05) is 36.9 Å². The van der Waals surface area contributed by atoms with E-state index < -0.39 is 0 Å². The van der Waals surface area contributed by atoms with Crippen LogP contribution in [0.5, 0.6) is 0 Å². The van der Waals surface area contributed by atoms with E-state index in [0.29, 0.717) is 6.54 Å². The highest BCUT2D eigenvalue weighted by Crippen LogP contribution is 2.20. The number of nitrogens with zero attached hydrogens (tertiary/aromatic N) is 2. The van der Waals surface area contributed by atoms with Crippen molar-refractivity contribution in [2.75, 3.05) is 31.1 Å². The van der Waals surface area contributed by atoms with Gasteiger partial charge in [0.1, 0.15) is 5.76 Å². The Labute approximate surface area is 147 Å². The maximum absolute atomic E-state index is 12.3. The lowest BCUT2D eigenvalue weighted by molar-refractivity contribution is -0.126.